The quantitative estimate of drug-likeness (QED) is 0.866. The highest BCUT2D eigenvalue weighted by atomic mass is 32.2. The first-order chi connectivity index (χ1) is 10.0. The van der Waals surface area contributed by atoms with Crippen LogP contribution in [0.5, 0.6) is 0 Å². The van der Waals surface area contributed by atoms with Crippen LogP contribution in [-0.2, 0) is 30.0 Å². The molecule has 0 atom stereocenters. The third-order valence-corrected chi connectivity index (χ3v) is 4.79. The Morgan fingerprint density at radius 3 is 3.05 bits per heavy atom. The molecule has 7 nitrogen and oxygen atoms in total. The highest BCUT2D eigenvalue weighted by Gasteiger charge is 2.18. The molecule has 0 saturated heterocycles. The van der Waals surface area contributed by atoms with E-state index in [1.54, 1.807) is 19.2 Å². The maximum Gasteiger partial charge on any atom is 0.240 e. The number of hydrogen-bond donors (Lipinski definition) is 2. The second-order valence-electron chi connectivity index (χ2n) is 5.01. The smallest absolute Gasteiger partial charge is 0.240 e. The Bertz CT molecular complexity index is 754. The normalized spacial score (nSPS) is 14.5. The van der Waals surface area contributed by atoms with Crippen molar-refractivity contribution in [2.75, 3.05) is 11.9 Å². The Hall–Kier alpha value is -1.93. The summed E-state index contributed by atoms with van der Waals surface area (Å²) in [6.07, 6.45) is 3.45. The van der Waals surface area contributed by atoms with Crippen LogP contribution < -0.4 is 10.0 Å². The lowest BCUT2D eigenvalue weighted by Crippen LogP contribution is -2.24. The van der Waals surface area contributed by atoms with E-state index in [-0.39, 0.29) is 11.4 Å². The number of rotatable bonds is 4. The van der Waals surface area contributed by atoms with Gasteiger partial charge < -0.3 is 5.32 Å². The second-order valence-corrected chi connectivity index (χ2v) is 6.78. The minimum atomic E-state index is -3.55. The van der Waals surface area contributed by atoms with Crippen LogP contribution in [0.15, 0.2) is 29.4 Å². The molecule has 2 heterocycles. The molecule has 0 saturated carbocycles. The molecule has 112 valence electrons. The summed E-state index contributed by atoms with van der Waals surface area (Å²) in [5, 5.41) is 7.31. The fourth-order valence-corrected chi connectivity index (χ4v) is 3.36. The summed E-state index contributed by atoms with van der Waals surface area (Å²) in [5.74, 6) is 0.445. The van der Waals surface area contributed by atoms with E-state index in [2.05, 4.69) is 20.1 Å². The van der Waals surface area contributed by atoms with Gasteiger partial charge in [-0.25, -0.2) is 18.1 Å². The SMILES string of the molecule is Cn1cnc(CNS(=O)(=O)c2ccc3c(c2)CCCN3)n1. The van der Waals surface area contributed by atoms with E-state index in [9.17, 15) is 8.42 Å². The maximum atomic E-state index is 12.3. The molecule has 2 aromatic rings. The van der Waals surface area contributed by atoms with Gasteiger partial charge in [-0.2, -0.15) is 5.10 Å². The molecule has 1 aromatic heterocycles. The first kappa shape index (κ1) is 14.0. The summed E-state index contributed by atoms with van der Waals surface area (Å²) < 4.78 is 28.7. The molecular weight excluding hydrogens is 290 g/mol. The van der Waals surface area contributed by atoms with Crippen LogP contribution in [0.1, 0.15) is 17.8 Å². The topological polar surface area (TPSA) is 88.9 Å². The lowest BCUT2D eigenvalue weighted by molar-refractivity contribution is 0.578. The van der Waals surface area contributed by atoms with Crippen molar-refractivity contribution in [1.82, 2.24) is 19.5 Å². The lowest BCUT2D eigenvalue weighted by atomic mass is 10.0. The van der Waals surface area contributed by atoms with Gasteiger partial charge in [0.15, 0.2) is 5.82 Å². The molecule has 1 aliphatic rings. The van der Waals surface area contributed by atoms with Gasteiger partial charge in [-0.1, -0.05) is 0 Å². The van der Waals surface area contributed by atoms with Crippen LogP contribution in [-0.4, -0.2) is 29.7 Å². The molecule has 21 heavy (non-hydrogen) atoms. The van der Waals surface area contributed by atoms with Gasteiger partial charge in [-0.15, -0.1) is 0 Å². The molecule has 0 aliphatic carbocycles. The summed E-state index contributed by atoms with van der Waals surface area (Å²) in [5.41, 5.74) is 2.06. The van der Waals surface area contributed by atoms with Crippen molar-refractivity contribution in [3.05, 3.63) is 35.9 Å². The third-order valence-electron chi connectivity index (χ3n) is 3.39. The number of benzene rings is 1. The molecular formula is C13H17N5O2S. The minimum absolute atomic E-state index is 0.0819. The molecule has 0 radical (unpaired) electrons. The fourth-order valence-electron chi connectivity index (χ4n) is 2.33. The number of hydrogen-bond acceptors (Lipinski definition) is 5. The molecule has 0 amide bonds. The van der Waals surface area contributed by atoms with Gasteiger partial charge in [0, 0.05) is 19.3 Å². The number of sulfonamides is 1. The monoisotopic (exact) mass is 307 g/mol. The van der Waals surface area contributed by atoms with Crippen LogP contribution >= 0.6 is 0 Å². The second kappa shape index (κ2) is 5.45. The highest BCUT2D eigenvalue weighted by Crippen LogP contribution is 2.24. The summed E-state index contributed by atoms with van der Waals surface area (Å²) >= 11 is 0. The van der Waals surface area contributed by atoms with E-state index in [0.29, 0.717) is 5.82 Å². The summed E-state index contributed by atoms with van der Waals surface area (Å²) in [7, 11) is -1.81. The molecule has 2 N–H and O–H groups in total. The van der Waals surface area contributed by atoms with E-state index in [4.69, 9.17) is 0 Å². The molecule has 0 fully saturated rings. The molecule has 3 rings (SSSR count). The fraction of sp³-hybridized carbons (Fsp3) is 0.385. The summed E-state index contributed by atoms with van der Waals surface area (Å²) in [6, 6.07) is 5.17. The third kappa shape index (κ3) is 3.06. The predicted octanol–water partition coefficient (Wildman–Crippen LogP) is 0.652. The van der Waals surface area contributed by atoms with Gasteiger partial charge in [0.05, 0.1) is 11.4 Å². The largest absolute Gasteiger partial charge is 0.385 e. The summed E-state index contributed by atoms with van der Waals surface area (Å²) in [6.45, 7) is 1.02. The number of nitrogens with zero attached hydrogens (tertiary/aromatic N) is 3. The van der Waals surface area contributed by atoms with E-state index in [0.717, 1.165) is 30.6 Å². The van der Waals surface area contributed by atoms with Gasteiger partial charge in [0.25, 0.3) is 0 Å². The zero-order valence-electron chi connectivity index (χ0n) is 11.7. The van der Waals surface area contributed by atoms with E-state index >= 15 is 0 Å². The van der Waals surface area contributed by atoms with Crippen molar-refractivity contribution in [3.8, 4) is 0 Å². The number of fused-ring (bicyclic) bond motifs is 1. The number of nitrogens with one attached hydrogen (secondary N) is 2. The maximum absolute atomic E-state index is 12.3. The lowest BCUT2D eigenvalue weighted by Gasteiger charge is -2.18. The van der Waals surface area contributed by atoms with Crippen LogP contribution in [0.2, 0.25) is 0 Å². The van der Waals surface area contributed by atoms with Crippen molar-refractivity contribution < 1.29 is 8.42 Å². The van der Waals surface area contributed by atoms with Gasteiger partial charge in [-0.3, -0.25) is 4.68 Å². The number of aromatic nitrogens is 3. The average molecular weight is 307 g/mol. The highest BCUT2D eigenvalue weighted by molar-refractivity contribution is 7.89. The van der Waals surface area contributed by atoms with Crippen LogP contribution in [0.3, 0.4) is 0 Å². The van der Waals surface area contributed by atoms with Crippen LogP contribution in [0.25, 0.3) is 0 Å². The standard InChI is InChI=1S/C13H17N5O2S/c1-18-9-15-13(17-18)8-16-21(19,20)11-4-5-12-10(7-11)3-2-6-14-12/h4-5,7,9,14,16H,2-3,6,8H2,1H3. The molecule has 0 unspecified atom stereocenters. The number of anilines is 1. The van der Waals surface area contributed by atoms with E-state index in [1.807, 2.05) is 6.07 Å². The zero-order chi connectivity index (χ0) is 14.9. The average Bonchev–Trinajstić information content (AvgIpc) is 2.90. The summed E-state index contributed by atoms with van der Waals surface area (Å²) in [4.78, 5) is 4.28. The molecule has 1 aromatic carbocycles. The first-order valence-corrected chi connectivity index (χ1v) is 8.24. The first-order valence-electron chi connectivity index (χ1n) is 6.75. The van der Waals surface area contributed by atoms with Gasteiger partial charge >= 0.3 is 0 Å². The van der Waals surface area contributed by atoms with Gasteiger partial charge in [0.1, 0.15) is 6.33 Å². The molecule has 0 spiro atoms. The van der Waals surface area contributed by atoms with Gasteiger partial charge in [0.2, 0.25) is 10.0 Å². The Morgan fingerprint density at radius 2 is 2.29 bits per heavy atom. The Morgan fingerprint density at radius 1 is 1.43 bits per heavy atom. The molecule has 8 heteroatoms. The van der Waals surface area contributed by atoms with Gasteiger partial charge in [-0.05, 0) is 36.6 Å². The van der Waals surface area contributed by atoms with E-state index < -0.39 is 10.0 Å². The predicted molar refractivity (Wildman–Crippen MR) is 78.3 cm³/mol. The Balaban J connectivity index is 1.78. The van der Waals surface area contributed by atoms with Crippen molar-refractivity contribution in [2.24, 2.45) is 7.05 Å². The van der Waals surface area contributed by atoms with Crippen molar-refractivity contribution >= 4 is 15.7 Å². The Kier molecular flexibility index (Phi) is 3.64. The van der Waals surface area contributed by atoms with Crippen molar-refractivity contribution in [1.29, 1.82) is 0 Å². The van der Waals surface area contributed by atoms with Crippen molar-refractivity contribution in [3.63, 3.8) is 0 Å². The van der Waals surface area contributed by atoms with Crippen LogP contribution in [0.4, 0.5) is 5.69 Å². The van der Waals surface area contributed by atoms with Crippen molar-refractivity contribution in [2.45, 2.75) is 24.3 Å². The Labute approximate surface area is 123 Å². The van der Waals surface area contributed by atoms with Crippen LogP contribution in [0, 0.1) is 0 Å². The molecule has 1 aliphatic heterocycles. The zero-order valence-corrected chi connectivity index (χ0v) is 12.5. The minimum Gasteiger partial charge on any atom is -0.385 e. The number of aryl methyl sites for hydroxylation is 2. The molecule has 0 bridgehead atoms. The van der Waals surface area contributed by atoms with E-state index in [1.165, 1.54) is 11.0 Å².